The third-order valence-electron chi connectivity index (χ3n) is 5.08. The van der Waals surface area contributed by atoms with E-state index in [1.807, 2.05) is 49.4 Å². The number of amides is 2. The zero-order valence-electron chi connectivity index (χ0n) is 16.5. The first kappa shape index (κ1) is 19.7. The number of ether oxygens (including phenoxy) is 2. The summed E-state index contributed by atoms with van der Waals surface area (Å²) in [7, 11) is 1.59. The van der Waals surface area contributed by atoms with Gasteiger partial charge in [-0.15, -0.1) is 0 Å². The molecular formula is C22H26N2O4. The lowest BCUT2D eigenvalue weighted by Gasteiger charge is -2.29. The molecule has 148 valence electrons. The van der Waals surface area contributed by atoms with Crippen LogP contribution < -0.4 is 14.8 Å². The van der Waals surface area contributed by atoms with Gasteiger partial charge in [0.05, 0.1) is 0 Å². The van der Waals surface area contributed by atoms with Crippen molar-refractivity contribution in [3.63, 3.8) is 0 Å². The average molecular weight is 382 g/mol. The van der Waals surface area contributed by atoms with Crippen LogP contribution in [0.5, 0.6) is 11.5 Å². The molecular weight excluding hydrogens is 356 g/mol. The molecule has 2 aromatic rings. The maximum absolute atomic E-state index is 13.0. The summed E-state index contributed by atoms with van der Waals surface area (Å²) in [5, 5.41) is 2.64. The number of hydrogen-bond acceptors (Lipinski definition) is 4. The lowest BCUT2D eigenvalue weighted by atomic mass is 10.1. The van der Waals surface area contributed by atoms with E-state index in [2.05, 4.69) is 5.32 Å². The summed E-state index contributed by atoms with van der Waals surface area (Å²) in [5.74, 6) is 1.20. The molecule has 0 spiro atoms. The Balaban J connectivity index is 1.72. The number of carbonyl (C=O) groups is 2. The quantitative estimate of drug-likeness (QED) is 0.800. The van der Waals surface area contributed by atoms with Gasteiger partial charge in [-0.05, 0) is 49.1 Å². The van der Waals surface area contributed by atoms with Gasteiger partial charge in [-0.25, -0.2) is 0 Å². The summed E-state index contributed by atoms with van der Waals surface area (Å²) in [6.45, 7) is 4.40. The van der Waals surface area contributed by atoms with Crippen LogP contribution >= 0.6 is 0 Å². The van der Waals surface area contributed by atoms with E-state index in [4.69, 9.17) is 9.47 Å². The Morgan fingerprint density at radius 3 is 2.64 bits per heavy atom. The molecule has 3 rings (SSSR count). The summed E-state index contributed by atoms with van der Waals surface area (Å²) >= 11 is 0. The van der Waals surface area contributed by atoms with Gasteiger partial charge in [0.25, 0.3) is 0 Å². The fraction of sp³-hybridized carbons (Fsp3) is 0.364. The van der Waals surface area contributed by atoms with E-state index in [-0.39, 0.29) is 18.6 Å². The van der Waals surface area contributed by atoms with Gasteiger partial charge in [-0.2, -0.15) is 0 Å². The van der Waals surface area contributed by atoms with Crippen LogP contribution in [0.2, 0.25) is 0 Å². The molecule has 6 nitrogen and oxygen atoms in total. The molecule has 0 unspecified atom stereocenters. The Kier molecular flexibility index (Phi) is 6.19. The minimum atomic E-state index is -0.547. The molecule has 0 saturated heterocycles. The summed E-state index contributed by atoms with van der Waals surface area (Å²) < 4.78 is 10.7. The number of aryl methyl sites for hydroxylation is 2. The van der Waals surface area contributed by atoms with Crippen molar-refractivity contribution in [3.05, 3.63) is 59.2 Å². The van der Waals surface area contributed by atoms with Crippen molar-refractivity contribution in [2.24, 2.45) is 0 Å². The Morgan fingerprint density at radius 2 is 1.89 bits per heavy atom. The predicted molar refractivity (Wildman–Crippen MR) is 106 cm³/mol. The van der Waals surface area contributed by atoms with Gasteiger partial charge in [0, 0.05) is 20.0 Å². The molecule has 1 heterocycles. The second-order valence-corrected chi connectivity index (χ2v) is 6.93. The van der Waals surface area contributed by atoms with Crippen molar-refractivity contribution in [1.82, 2.24) is 10.2 Å². The Morgan fingerprint density at radius 1 is 1.14 bits per heavy atom. The number of nitrogens with one attached hydrogen (secondary N) is 1. The highest BCUT2D eigenvalue weighted by atomic mass is 16.7. The van der Waals surface area contributed by atoms with Crippen LogP contribution in [0.15, 0.2) is 42.5 Å². The third-order valence-corrected chi connectivity index (χ3v) is 5.08. The highest BCUT2D eigenvalue weighted by Gasteiger charge is 2.25. The lowest BCUT2D eigenvalue weighted by Crippen LogP contribution is -2.46. The zero-order valence-corrected chi connectivity index (χ0v) is 16.5. The average Bonchev–Trinajstić information content (AvgIpc) is 3.18. The summed E-state index contributed by atoms with van der Waals surface area (Å²) in [6.07, 6.45) is 0.882. The van der Waals surface area contributed by atoms with Gasteiger partial charge in [0.2, 0.25) is 18.6 Å². The minimum absolute atomic E-state index is 0.0583. The molecule has 6 heteroatoms. The second-order valence-electron chi connectivity index (χ2n) is 6.93. The molecule has 0 aromatic heterocycles. The maximum Gasteiger partial charge on any atom is 0.242 e. The Labute approximate surface area is 165 Å². The zero-order chi connectivity index (χ0) is 20.1. The molecule has 1 aliphatic heterocycles. The van der Waals surface area contributed by atoms with Crippen LogP contribution in [0.4, 0.5) is 0 Å². The molecule has 1 N–H and O–H groups in total. The SMILES string of the molecule is CNC(=O)[C@@H](C)N(Cc1ccccc1C)C(=O)CCc1ccc2c(c1)OCO2. The van der Waals surface area contributed by atoms with Crippen molar-refractivity contribution in [2.45, 2.75) is 39.3 Å². The first-order valence-corrected chi connectivity index (χ1v) is 9.43. The third kappa shape index (κ3) is 4.44. The number of carbonyl (C=O) groups excluding carboxylic acids is 2. The van der Waals surface area contributed by atoms with Crippen LogP contribution in [-0.2, 0) is 22.6 Å². The van der Waals surface area contributed by atoms with Crippen molar-refractivity contribution >= 4 is 11.8 Å². The van der Waals surface area contributed by atoms with E-state index in [1.165, 1.54) is 0 Å². The minimum Gasteiger partial charge on any atom is -0.454 e. The largest absolute Gasteiger partial charge is 0.454 e. The predicted octanol–water partition coefficient (Wildman–Crippen LogP) is 2.82. The number of nitrogens with zero attached hydrogens (tertiary/aromatic N) is 1. The van der Waals surface area contributed by atoms with Crippen LogP contribution in [0.25, 0.3) is 0 Å². The Bertz CT molecular complexity index is 865. The van der Waals surface area contributed by atoms with Gasteiger partial charge in [-0.3, -0.25) is 9.59 Å². The number of rotatable bonds is 7. The molecule has 0 bridgehead atoms. The van der Waals surface area contributed by atoms with E-state index < -0.39 is 6.04 Å². The fourth-order valence-corrected chi connectivity index (χ4v) is 3.25. The van der Waals surface area contributed by atoms with Gasteiger partial charge in [0.1, 0.15) is 6.04 Å². The normalized spacial score (nSPS) is 13.1. The smallest absolute Gasteiger partial charge is 0.242 e. The Hall–Kier alpha value is -3.02. The number of fused-ring (bicyclic) bond motifs is 1. The maximum atomic E-state index is 13.0. The molecule has 0 saturated carbocycles. The van der Waals surface area contributed by atoms with Crippen molar-refractivity contribution in [1.29, 1.82) is 0 Å². The van der Waals surface area contributed by atoms with Gasteiger partial charge < -0.3 is 19.7 Å². The number of likely N-dealkylation sites (N-methyl/N-ethyl adjacent to an activating group) is 1. The lowest BCUT2D eigenvalue weighted by molar-refractivity contribution is -0.140. The molecule has 0 aliphatic carbocycles. The fourth-order valence-electron chi connectivity index (χ4n) is 3.25. The molecule has 1 atom stereocenters. The van der Waals surface area contributed by atoms with Gasteiger partial charge in [0.15, 0.2) is 11.5 Å². The molecule has 28 heavy (non-hydrogen) atoms. The van der Waals surface area contributed by atoms with Crippen LogP contribution in [-0.4, -0.2) is 36.6 Å². The second kappa shape index (κ2) is 8.78. The van der Waals surface area contributed by atoms with E-state index in [1.54, 1.807) is 18.9 Å². The summed E-state index contributed by atoms with van der Waals surface area (Å²) in [6, 6.07) is 13.1. The monoisotopic (exact) mass is 382 g/mol. The molecule has 0 fully saturated rings. The molecule has 0 radical (unpaired) electrons. The van der Waals surface area contributed by atoms with Gasteiger partial charge >= 0.3 is 0 Å². The van der Waals surface area contributed by atoms with Crippen LogP contribution in [0.1, 0.15) is 30.0 Å². The van der Waals surface area contributed by atoms with Crippen LogP contribution in [0.3, 0.4) is 0 Å². The van der Waals surface area contributed by atoms with Gasteiger partial charge in [-0.1, -0.05) is 30.3 Å². The van der Waals surface area contributed by atoms with Crippen molar-refractivity contribution < 1.29 is 19.1 Å². The first-order chi connectivity index (χ1) is 13.5. The van der Waals surface area contributed by atoms with Crippen molar-refractivity contribution in [2.75, 3.05) is 13.8 Å². The van der Waals surface area contributed by atoms with E-state index in [9.17, 15) is 9.59 Å². The van der Waals surface area contributed by atoms with Crippen molar-refractivity contribution in [3.8, 4) is 11.5 Å². The van der Waals surface area contributed by atoms with E-state index >= 15 is 0 Å². The highest BCUT2D eigenvalue weighted by molar-refractivity contribution is 5.87. The first-order valence-electron chi connectivity index (χ1n) is 9.43. The molecule has 1 aliphatic rings. The summed E-state index contributed by atoms with van der Waals surface area (Å²) in [4.78, 5) is 26.9. The highest BCUT2D eigenvalue weighted by Crippen LogP contribution is 2.32. The topological polar surface area (TPSA) is 67.9 Å². The standard InChI is InChI=1S/C22H26N2O4/c1-15-6-4-5-7-18(15)13-24(16(2)22(26)23-3)21(25)11-9-17-8-10-19-20(12-17)28-14-27-19/h4-8,10,12,16H,9,11,13-14H2,1-3H3,(H,23,26)/t16-/m1/s1. The number of hydrogen-bond donors (Lipinski definition) is 1. The number of benzene rings is 2. The van der Waals surface area contributed by atoms with E-state index in [0.29, 0.717) is 25.1 Å². The summed E-state index contributed by atoms with van der Waals surface area (Å²) in [5.41, 5.74) is 3.14. The van der Waals surface area contributed by atoms with Crippen LogP contribution in [0, 0.1) is 6.92 Å². The molecule has 2 amide bonds. The molecule has 2 aromatic carbocycles. The van der Waals surface area contributed by atoms with E-state index in [0.717, 1.165) is 22.4 Å².